The van der Waals surface area contributed by atoms with Crippen molar-refractivity contribution < 1.29 is 14.7 Å². The molecule has 2 aromatic heterocycles. The maximum absolute atomic E-state index is 12.7. The van der Waals surface area contributed by atoms with E-state index in [0.29, 0.717) is 24.5 Å². The van der Waals surface area contributed by atoms with E-state index < -0.39 is 5.97 Å². The smallest absolute Gasteiger partial charge is 0.337 e. The van der Waals surface area contributed by atoms with Crippen molar-refractivity contribution in [3.63, 3.8) is 0 Å². The average Bonchev–Trinajstić information content (AvgIpc) is 2.61. The molecule has 1 N–H and O–H groups in total. The summed E-state index contributed by atoms with van der Waals surface area (Å²) >= 11 is 0. The number of carboxylic acid groups (broad SMARTS) is 1. The van der Waals surface area contributed by atoms with Crippen LogP contribution in [0.15, 0.2) is 36.7 Å². The van der Waals surface area contributed by atoms with Gasteiger partial charge in [0.05, 0.1) is 11.3 Å². The molecule has 6 heteroatoms. The maximum atomic E-state index is 12.7. The van der Waals surface area contributed by atoms with Crippen LogP contribution in [0.1, 0.15) is 50.9 Å². The predicted octanol–water partition coefficient (Wildman–Crippen LogP) is 2.50. The van der Waals surface area contributed by atoms with E-state index in [0.717, 1.165) is 18.4 Å². The third kappa shape index (κ3) is 3.27. The van der Waals surface area contributed by atoms with Gasteiger partial charge in [-0.15, -0.1) is 0 Å². The van der Waals surface area contributed by atoms with Gasteiger partial charge in [0.25, 0.3) is 5.91 Å². The molecular formula is C18H19N3O3. The van der Waals surface area contributed by atoms with Crippen LogP contribution in [-0.4, -0.2) is 44.9 Å². The molecule has 0 bridgehead atoms. The average molecular weight is 325 g/mol. The zero-order valence-corrected chi connectivity index (χ0v) is 13.5. The molecule has 1 aliphatic rings. The zero-order valence-electron chi connectivity index (χ0n) is 13.5. The summed E-state index contributed by atoms with van der Waals surface area (Å²) in [6, 6.07) is 6.88. The molecule has 1 unspecified atom stereocenters. The normalized spacial score (nSPS) is 17.5. The molecule has 24 heavy (non-hydrogen) atoms. The molecule has 124 valence electrons. The second-order valence-electron chi connectivity index (χ2n) is 6.01. The van der Waals surface area contributed by atoms with E-state index in [1.807, 2.05) is 18.3 Å². The number of amides is 1. The van der Waals surface area contributed by atoms with Crippen molar-refractivity contribution in [2.45, 2.75) is 25.7 Å². The number of carbonyl (C=O) groups is 2. The van der Waals surface area contributed by atoms with Gasteiger partial charge >= 0.3 is 5.97 Å². The van der Waals surface area contributed by atoms with Gasteiger partial charge < -0.3 is 10.0 Å². The number of pyridine rings is 2. The lowest BCUT2D eigenvalue weighted by molar-refractivity contribution is 0.0682. The predicted molar refractivity (Wildman–Crippen MR) is 88.0 cm³/mol. The number of piperidine rings is 1. The first kappa shape index (κ1) is 16.1. The van der Waals surface area contributed by atoms with Crippen molar-refractivity contribution >= 4 is 11.9 Å². The largest absolute Gasteiger partial charge is 0.478 e. The van der Waals surface area contributed by atoms with E-state index in [2.05, 4.69) is 9.97 Å². The summed E-state index contributed by atoms with van der Waals surface area (Å²) in [7, 11) is 0. The number of nitrogens with zero attached hydrogens (tertiary/aromatic N) is 3. The highest BCUT2D eigenvalue weighted by Crippen LogP contribution is 2.27. The highest BCUT2D eigenvalue weighted by molar-refractivity contribution is 5.94. The van der Waals surface area contributed by atoms with Crippen LogP contribution >= 0.6 is 0 Å². The maximum Gasteiger partial charge on any atom is 0.337 e. The second kappa shape index (κ2) is 6.78. The SMILES string of the molecule is Cc1nc(C(=O)N2CCCC(c3cccnc3)C2)ccc1C(=O)O. The third-order valence-electron chi connectivity index (χ3n) is 4.40. The van der Waals surface area contributed by atoms with Crippen LogP contribution in [0.4, 0.5) is 0 Å². The summed E-state index contributed by atoms with van der Waals surface area (Å²) in [6.07, 6.45) is 5.55. The molecule has 0 saturated carbocycles. The van der Waals surface area contributed by atoms with E-state index in [1.54, 1.807) is 18.0 Å². The lowest BCUT2D eigenvalue weighted by atomic mass is 9.91. The molecule has 1 saturated heterocycles. The van der Waals surface area contributed by atoms with Crippen LogP contribution in [0.5, 0.6) is 0 Å². The van der Waals surface area contributed by atoms with Gasteiger partial charge in [-0.2, -0.15) is 0 Å². The van der Waals surface area contributed by atoms with Crippen LogP contribution in [0.2, 0.25) is 0 Å². The van der Waals surface area contributed by atoms with E-state index in [1.165, 1.54) is 12.1 Å². The second-order valence-corrected chi connectivity index (χ2v) is 6.01. The quantitative estimate of drug-likeness (QED) is 0.937. The number of hydrogen-bond donors (Lipinski definition) is 1. The fraction of sp³-hybridized carbons (Fsp3) is 0.333. The Balaban J connectivity index is 1.77. The number of hydrogen-bond acceptors (Lipinski definition) is 4. The van der Waals surface area contributed by atoms with Crippen LogP contribution in [-0.2, 0) is 0 Å². The summed E-state index contributed by atoms with van der Waals surface area (Å²) < 4.78 is 0. The molecule has 6 nitrogen and oxygen atoms in total. The van der Waals surface area contributed by atoms with Crippen molar-refractivity contribution in [3.05, 3.63) is 59.2 Å². The topological polar surface area (TPSA) is 83.4 Å². The first-order valence-electron chi connectivity index (χ1n) is 7.96. The molecule has 1 aliphatic heterocycles. The number of likely N-dealkylation sites (tertiary alicyclic amines) is 1. The molecule has 1 atom stereocenters. The van der Waals surface area contributed by atoms with Gasteiger partial charge in [0.1, 0.15) is 5.69 Å². The van der Waals surface area contributed by atoms with Crippen LogP contribution < -0.4 is 0 Å². The van der Waals surface area contributed by atoms with Gasteiger partial charge in [0, 0.05) is 31.4 Å². The van der Waals surface area contributed by atoms with E-state index in [9.17, 15) is 9.59 Å². The molecule has 1 fully saturated rings. The monoisotopic (exact) mass is 325 g/mol. The van der Waals surface area contributed by atoms with Crippen LogP contribution in [0, 0.1) is 6.92 Å². The fourth-order valence-corrected chi connectivity index (χ4v) is 3.12. The van der Waals surface area contributed by atoms with Crippen LogP contribution in [0.3, 0.4) is 0 Å². The van der Waals surface area contributed by atoms with Crippen LogP contribution in [0.25, 0.3) is 0 Å². The van der Waals surface area contributed by atoms with E-state index in [-0.39, 0.29) is 17.4 Å². The minimum Gasteiger partial charge on any atom is -0.478 e. The molecule has 2 aromatic rings. The molecular weight excluding hydrogens is 306 g/mol. The Morgan fingerprint density at radius 1 is 1.29 bits per heavy atom. The van der Waals surface area contributed by atoms with Crippen molar-refractivity contribution in [1.29, 1.82) is 0 Å². The summed E-state index contributed by atoms with van der Waals surface area (Å²) in [5, 5.41) is 9.06. The third-order valence-corrected chi connectivity index (χ3v) is 4.40. The Morgan fingerprint density at radius 2 is 2.12 bits per heavy atom. The highest BCUT2D eigenvalue weighted by Gasteiger charge is 2.26. The van der Waals surface area contributed by atoms with Crippen molar-refractivity contribution in [2.24, 2.45) is 0 Å². The number of aryl methyl sites for hydroxylation is 1. The van der Waals surface area contributed by atoms with Gasteiger partial charge in [0.15, 0.2) is 0 Å². The molecule has 0 aliphatic carbocycles. The number of carboxylic acids is 1. The lowest BCUT2D eigenvalue weighted by Crippen LogP contribution is -2.39. The number of carbonyl (C=O) groups excluding carboxylic acids is 1. The highest BCUT2D eigenvalue weighted by atomic mass is 16.4. The van der Waals surface area contributed by atoms with Crippen molar-refractivity contribution in [2.75, 3.05) is 13.1 Å². The Hall–Kier alpha value is -2.76. The summed E-state index contributed by atoms with van der Waals surface area (Å²) in [6.45, 7) is 2.93. The molecule has 3 heterocycles. The Labute approximate surface area is 140 Å². The number of aromatic carboxylic acids is 1. The molecule has 3 rings (SSSR count). The Kier molecular flexibility index (Phi) is 4.55. The van der Waals surface area contributed by atoms with Gasteiger partial charge in [-0.1, -0.05) is 6.07 Å². The Bertz CT molecular complexity index is 761. The standard InChI is InChI=1S/C18H19N3O3/c1-12-15(18(23)24)6-7-16(20-12)17(22)21-9-3-5-14(11-21)13-4-2-8-19-10-13/h2,4,6-8,10,14H,3,5,9,11H2,1H3,(H,23,24). The van der Waals surface area contributed by atoms with Crippen molar-refractivity contribution in [3.8, 4) is 0 Å². The molecule has 0 spiro atoms. The van der Waals surface area contributed by atoms with Gasteiger partial charge in [-0.25, -0.2) is 9.78 Å². The number of aromatic nitrogens is 2. The van der Waals surface area contributed by atoms with E-state index in [4.69, 9.17) is 5.11 Å². The number of rotatable bonds is 3. The molecule has 0 radical (unpaired) electrons. The minimum atomic E-state index is -1.03. The zero-order chi connectivity index (χ0) is 17.1. The fourth-order valence-electron chi connectivity index (χ4n) is 3.12. The van der Waals surface area contributed by atoms with Gasteiger partial charge in [-0.3, -0.25) is 9.78 Å². The minimum absolute atomic E-state index is 0.124. The first-order chi connectivity index (χ1) is 11.6. The summed E-state index contributed by atoms with van der Waals surface area (Å²) in [5.74, 6) is -0.909. The van der Waals surface area contributed by atoms with Crippen molar-refractivity contribution in [1.82, 2.24) is 14.9 Å². The molecule has 0 aromatic carbocycles. The van der Waals surface area contributed by atoms with Gasteiger partial charge in [-0.05, 0) is 43.5 Å². The molecule has 1 amide bonds. The summed E-state index contributed by atoms with van der Waals surface area (Å²) in [4.78, 5) is 33.9. The lowest BCUT2D eigenvalue weighted by Gasteiger charge is -2.32. The van der Waals surface area contributed by atoms with E-state index >= 15 is 0 Å². The van der Waals surface area contributed by atoms with Gasteiger partial charge in [0.2, 0.25) is 0 Å². The first-order valence-corrected chi connectivity index (χ1v) is 7.96. The Morgan fingerprint density at radius 3 is 2.79 bits per heavy atom. The summed E-state index contributed by atoms with van der Waals surface area (Å²) in [5.41, 5.74) is 1.91.